The smallest absolute Gasteiger partial charge is 0.237 e. The summed E-state index contributed by atoms with van der Waals surface area (Å²) in [5.41, 5.74) is 5.99. The lowest BCUT2D eigenvalue weighted by Crippen LogP contribution is -2.24. The molecule has 0 bridgehead atoms. The van der Waals surface area contributed by atoms with Gasteiger partial charge in [-0.05, 0) is 56.2 Å². The van der Waals surface area contributed by atoms with Gasteiger partial charge >= 0.3 is 0 Å². The minimum absolute atomic E-state index is 0.0680. The Hall–Kier alpha value is -3.37. The highest BCUT2D eigenvalue weighted by molar-refractivity contribution is 8.00. The topological polar surface area (TPSA) is 121 Å². The number of carbonyl (C=O) groups is 2. The molecule has 3 N–H and O–H groups in total. The summed E-state index contributed by atoms with van der Waals surface area (Å²) < 4.78 is 13.5. The monoisotopic (exact) mass is 495 g/mol. The Bertz CT molecular complexity index is 1130. The van der Waals surface area contributed by atoms with Crippen LogP contribution in [0.25, 0.3) is 0 Å². The molecule has 0 unspecified atom stereocenters. The van der Waals surface area contributed by atoms with Crippen molar-refractivity contribution in [3.05, 3.63) is 60.4 Å². The highest BCUT2D eigenvalue weighted by Crippen LogP contribution is 2.27. The number of hydrogen-bond acceptors (Lipinski definition) is 7. The third-order valence-electron chi connectivity index (χ3n) is 5.55. The number of amides is 2. The van der Waals surface area contributed by atoms with Crippen LogP contribution in [0.2, 0.25) is 0 Å². The van der Waals surface area contributed by atoms with E-state index in [0.29, 0.717) is 35.4 Å². The number of benzene rings is 2. The van der Waals surface area contributed by atoms with E-state index in [-0.39, 0.29) is 24.3 Å². The van der Waals surface area contributed by atoms with Crippen molar-refractivity contribution in [1.82, 2.24) is 14.8 Å². The molecule has 0 spiro atoms. The minimum Gasteiger partial charge on any atom is -0.457 e. The van der Waals surface area contributed by atoms with Crippen LogP contribution in [0.4, 0.5) is 5.69 Å². The van der Waals surface area contributed by atoms with E-state index in [9.17, 15) is 9.59 Å². The van der Waals surface area contributed by atoms with Crippen molar-refractivity contribution in [3.63, 3.8) is 0 Å². The van der Waals surface area contributed by atoms with Gasteiger partial charge in [0.2, 0.25) is 11.8 Å². The molecule has 0 aliphatic carbocycles. The maximum atomic E-state index is 12.9. The number of primary amides is 1. The van der Waals surface area contributed by atoms with Crippen molar-refractivity contribution in [2.24, 2.45) is 5.73 Å². The highest BCUT2D eigenvalue weighted by atomic mass is 32.2. The fraction of sp³-hybridized carbons (Fsp3) is 0.360. The zero-order valence-electron chi connectivity index (χ0n) is 19.6. The molecule has 2 amide bonds. The fourth-order valence-electron chi connectivity index (χ4n) is 3.69. The molecule has 35 heavy (non-hydrogen) atoms. The first-order valence-electron chi connectivity index (χ1n) is 11.6. The van der Waals surface area contributed by atoms with Crippen molar-refractivity contribution < 1.29 is 19.1 Å². The molecular formula is C25H29N5O4S. The molecule has 0 radical (unpaired) electrons. The molecule has 1 aliphatic rings. The van der Waals surface area contributed by atoms with Gasteiger partial charge in [-0.3, -0.25) is 9.59 Å². The fourth-order valence-corrected chi connectivity index (χ4v) is 4.57. The van der Waals surface area contributed by atoms with Gasteiger partial charge < -0.3 is 25.1 Å². The molecule has 2 atom stereocenters. The number of rotatable bonds is 11. The Labute approximate surface area is 208 Å². The average molecular weight is 496 g/mol. The summed E-state index contributed by atoms with van der Waals surface area (Å²) in [5.74, 6) is 1.55. The van der Waals surface area contributed by atoms with Gasteiger partial charge in [0.15, 0.2) is 5.16 Å². The Morgan fingerprint density at radius 2 is 1.91 bits per heavy atom. The lowest BCUT2D eigenvalue weighted by Gasteiger charge is -2.16. The van der Waals surface area contributed by atoms with Crippen LogP contribution in [0.15, 0.2) is 59.8 Å². The normalized spacial score (nSPS) is 16.1. The van der Waals surface area contributed by atoms with Crippen LogP contribution in [0.3, 0.4) is 0 Å². The van der Waals surface area contributed by atoms with Gasteiger partial charge in [-0.1, -0.05) is 30.0 Å². The number of ether oxygens (including phenoxy) is 2. The van der Waals surface area contributed by atoms with Crippen LogP contribution in [0.5, 0.6) is 11.5 Å². The molecular weight excluding hydrogens is 466 g/mol. The maximum Gasteiger partial charge on any atom is 0.237 e. The second-order valence-corrected chi connectivity index (χ2v) is 9.61. The Balaban J connectivity index is 1.37. The molecule has 3 aromatic rings. The number of carbonyl (C=O) groups excluding carboxylic acids is 2. The molecule has 1 fully saturated rings. The van der Waals surface area contributed by atoms with Gasteiger partial charge in [0.05, 0.1) is 17.9 Å². The Morgan fingerprint density at radius 1 is 1.17 bits per heavy atom. The van der Waals surface area contributed by atoms with E-state index < -0.39 is 5.25 Å². The lowest BCUT2D eigenvalue weighted by atomic mass is 10.2. The summed E-state index contributed by atoms with van der Waals surface area (Å²) in [4.78, 5) is 24.1. The highest BCUT2D eigenvalue weighted by Gasteiger charge is 2.24. The van der Waals surface area contributed by atoms with Crippen LogP contribution in [0.1, 0.15) is 32.0 Å². The van der Waals surface area contributed by atoms with Crippen molar-refractivity contribution >= 4 is 29.3 Å². The third kappa shape index (κ3) is 7.06. The second-order valence-electron chi connectivity index (χ2n) is 8.30. The van der Waals surface area contributed by atoms with Gasteiger partial charge in [0.25, 0.3) is 0 Å². The second kappa shape index (κ2) is 11.9. The molecule has 0 saturated carbocycles. The number of aryl methyl sites for hydroxylation is 1. The first-order valence-corrected chi connectivity index (χ1v) is 12.5. The molecule has 1 saturated heterocycles. The molecule has 1 aliphatic heterocycles. The van der Waals surface area contributed by atoms with Crippen LogP contribution >= 0.6 is 11.8 Å². The zero-order chi connectivity index (χ0) is 24.6. The molecule has 10 heteroatoms. The van der Waals surface area contributed by atoms with Crippen LogP contribution in [-0.4, -0.2) is 44.5 Å². The van der Waals surface area contributed by atoms with Crippen molar-refractivity contribution in [2.45, 2.75) is 55.7 Å². The molecule has 184 valence electrons. The zero-order valence-corrected chi connectivity index (χ0v) is 20.4. The van der Waals surface area contributed by atoms with Gasteiger partial charge in [-0.2, -0.15) is 0 Å². The van der Waals surface area contributed by atoms with Crippen LogP contribution < -0.4 is 15.8 Å². The first kappa shape index (κ1) is 24.7. The number of nitrogens with one attached hydrogen (secondary N) is 1. The van der Waals surface area contributed by atoms with Crippen molar-refractivity contribution in [1.29, 1.82) is 0 Å². The van der Waals surface area contributed by atoms with E-state index in [1.807, 2.05) is 54.0 Å². The molecule has 9 nitrogen and oxygen atoms in total. The van der Waals surface area contributed by atoms with E-state index in [2.05, 4.69) is 15.5 Å². The number of hydrogen-bond donors (Lipinski definition) is 2. The summed E-state index contributed by atoms with van der Waals surface area (Å²) >= 11 is 1.32. The van der Waals surface area contributed by atoms with Crippen molar-refractivity contribution in [2.75, 3.05) is 11.9 Å². The van der Waals surface area contributed by atoms with Gasteiger partial charge in [0, 0.05) is 25.1 Å². The van der Waals surface area contributed by atoms with Gasteiger partial charge in [0.1, 0.15) is 17.3 Å². The number of aromatic nitrogens is 3. The number of nitrogens with zero attached hydrogens (tertiary/aromatic N) is 3. The number of para-hydroxylation sites is 1. The predicted molar refractivity (Wildman–Crippen MR) is 133 cm³/mol. The summed E-state index contributed by atoms with van der Waals surface area (Å²) in [6, 6.07) is 16.7. The largest absolute Gasteiger partial charge is 0.457 e. The number of nitrogens with two attached hydrogens (primary N) is 1. The Kier molecular flexibility index (Phi) is 8.38. The van der Waals surface area contributed by atoms with E-state index in [4.69, 9.17) is 15.2 Å². The lowest BCUT2D eigenvalue weighted by molar-refractivity contribution is -0.118. The number of anilines is 1. The molecule has 4 rings (SSSR count). The minimum atomic E-state index is -0.424. The van der Waals surface area contributed by atoms with E-state index in [1.165, 1.54) is 11.8 Å². The van der Waals surface area contributed by atoms with Gasteiger partial charge in [-0.15, -0.1) is 10.2 Å². The standard InChI is InChI=1S/C25H29N5O4S/c1-17(24(32)27-18-9-11-20(12-10-18)34-19-6-3-2-4-7-19)35-25-29-28-23(14-13-22(26)31)30(25)16-21-8-5-15-33-21/h2-4,6-7,9-12,17,21H,5,8,13-16H2,1H3,(H2,26,31)(H,27,32)/t17-,21+/m0/s1. The van der Waals surface area contributed by atoms with Crippen LogP contribution in [-0.2, 0) is 27.3 Å². The summed E-state index contributed by atoms with van der Waals surface area (Å²) in [6.07, 6.45) is 2.62. The molecule has 2 aromatic carbocycles. The Morgan fingerprint density at radius 3 is 2.60 bits per heavy atom. The summed E-state index contributed by atoms with van der Waals surface area (Å²) in [6.45, 7) is 3.14. The van der Waals surface area contributed by atoms with E-state index >= 15 is 0 Å². The first-order chi connectivity index (χ1) is 17.0. The predicted octanol–water partition coefficient (Wildman–Crippen LogP) is 3.79. The van der Waals surface area contributed by atoms with Crippen LogP contribution in [0, 0.1) is 0 Å². The molecule has 2 heterocycles. The number of thioether (sulfide) groups is 1. The quantitative estimate of drug-likeness (QED) is 0.388. The van der Waals surface area contributed by atoms with E-state index in [1.54, 1.807) is 12.1 Å². The van der Waals surface area contributed by atoms with E-state index in [0.717, 1.165) is 25.2 Å². The third-order valence-corrected chi connectivity index (χ3v) is 6.63. The van der Waals surface area contributed by atoms with Crippen molar-refractivity contribution in [3.8, 4) is 11.5 Å². The average Bonchev–Trinajstić information content (AvgIpc) is 3.50. The maximum absolute atomic E-state index is 12.9. The summed E-state index contributed by atoms with van der Waals surface area (Å²) in [5, 5.41) is 11.7. The van der Waals surface area contributed by atoms with Gasteiger partial charge in [-0.25, -0.2) is 0 Å². The summed E-state index contributed by atoms with van der Waals surface area (Å²) in [7, 11) is 0. The molecule has 1 aromatic heterocycles. The SMILES string of the molecule is C[C@H](Sc1nnc(CCC(N)=O)n1C[C@H]1CCCO1)C(=O)Nc1ccc(Oc2ccccc2)cc1.